The van der Waals surface area contributed by atoms with Crippen LogP contribution in [0.1, 0.15) is 86.0 Å². The lowest BCUT2D eigenvalue weighted by molar-refractivity contribution is -0.131. The largest absolute Gasteiger partial charge is 0.414 e. The number of hydrogen-bond donors (Lipinski definition) is 0. The summed E-state index contributed by atoms with van der Waals surface area (Å²) in [5.74, 6) is 2.71. The molecule has 2 nitrogen and oxygen atoms in total. The van der Waals surface area contributed by atoms with Crippen LogP contribution in [0.25, 0.3) is 0 Å². The number of Topliss-reactive ketones (excluding diaryl/α,β-unsaturated/α-hetero) is 1. The van der Waals surface area contributed by atoms with Gasteiger partial charge in [0.1, 0.15) is 5.78 Å². The third-order valence-electron chi connectivity index (χ3n) is 10.0. The van der Waals surface area contributed by atoms with Crippen LogP contribution in [0.5, 0.6) is 0 Å². The van der Waals surface area contributed by atoms with Crippen LogP contribution in [-0.4, -0.2) is 20.2 Å². The van der Waals surface area contributed by atoms with E-state index in [0.717, 1.165) is 37.5 Å². The molecule has 0 amide bonds. The summed E-state index contributed by atoms with van der Waals surface area (Å²) in [6, 6.07) is 0. The maximum Gasteiger partial charge on any atom is 0.192 e. The molecular formula is C25H42O2Si. The summed E-state index contributed by atoms with van der Waals surface area (Å²) in [6.07, 6.45) is 12.2. The number of rotatable bonds is 2. The van der Waals surface area contributed by atoms with Crippen molar-refractivity contribution in [3.05, 3.63) is 11.6 Å². The molecule has 0 bridgehead atoms. The number of fused-ring (bicyclic) bond motifs is 5. The van der Waals surface area contributed by atoms with Crippen molar-refractivity contribution in [3.8, 4) is 0 Å². The van der Waals surface area contributed by atoms with E-state index in [9.17, 15) is 4.79 Å². The van der Waals surface area contributed by atoms with E-state index < -0.39 is 8.32 Å². The van der Waals surface area contributed by atoms with Crippen LogP contribution in [0.2, 0.25) is 18.1 Å². The molecule has 4 aliphatic carbocycles. The molecule has 0 spiro atoms. The average molecular weight is 403 g/mol. The highest BCUT2D eigenvalue weighted by atomic mass is 28.4. The van der Waals surface area contributed by atoms with Gasteiger partial charge in [0.25, 0.3) is 0 Å². The highest BCUT2D eigenvalue weighted by Gasteiger charge is 2.58. The van der Waals surface area contributed by atoms with E-state index >= 15 is 0 Å². The van der Waals surface area contributed by atoms with E-state index in [1.165, 1.54) is 25.7 Å². The van der Waals surface area contributed by atoms with Gasteiger partial charge in [0, 0.05) is 17.9 Å². The van der Waals surface area contributed by atoms with Crippen molar-refractivity contribution in [2.75, 3.05) is 0 Å². The zero-order valence-electron chi connectivity index (χ0n) is 19.4. The van der Waals surface area contributed by atoms with Crippen LogP contribution in [0.15, 0.2) is 11.6 Å². The molecule has 4 rings (SSSR count). The van der Waals surface area contributed by atoms with Crippen molar-refractivity contribution in [1.29, 1.82) is 0 Å². The van der Waals surface area contributed by atoms with Gasteiger partial charge in [0.15, 0.2) is 8.32 Å². The van der Waals surface area contributed by atoms with Crippen molar-refractivity contribution < 1.29 is 9.22 Å². The topological polar surface area (TPSA) is 26.3 Å². The predicted molar refractivity (Wildman–Crippen MR) is 119 cm³/mol. The Morgan fingerprint density at radius 3 is 2.36 bits per heavy atom. The van der Waals surface area contributed by atoms with Crippen molar-refractivity contribution in [1.82, 2.24) is 0 Å². The Labute approximate surface area is 174 Å². The fourth-order valence-electron chi connectivity index (χ4n) is 7.09. The molecule has 0 aliphatic heterocycles. The van der Waals surface area contributed by atoms with Crippen molar-refractivity contribution in [2.45, 2.75) is 110 Å². The normalized spacial score (nSPS) is 43.8. The van der Waals surface area contributed by atoms with Crippen molar-refractivity contribution in [3.63, 3.8) is 0 Å². The van der Waals surface area contributed by atoms with E-state index in [2.05, 4.69) is 53.8 Å². The molecule has 28 heavy (non-hydrogen) atoms. The predicted octanol–water partition coefficient (Wildman–Crippen LogP) is 6.91. The zero-order valence-corrected chi connectivity index (χ0v) is 20.4. The van der Waals surface area contributed by atoms with Gasteiger partial charge in [-0.3, -0.25) is 4.79 Å². The van der Waals surface area contributed by atoms with Crippen molar-refractivity contribution in [2.24, 2.45) is 28.6 Å². The molecule has 3 heteroatoms. The lowest BCUT2D eigenvalue weighted by Gasteiger charge is -2.57. The highest BCUT2D eigenvalue weighted by molar-refractivity contribution is 6.74. The Bertz CT molecular complexity index is 687. The molecule has 4 aliphatic rings. The van der Waals surface area contributed by atoms with Crippen LogP contribution in [-0.2, 0) is 9.22 Å². The molecule has 3 fully saturated rings. The van der Waals surface area contributed by atoms with Gasteiger partial charge >= 0.3 is 0 Å². The monoisotopic (exact) mass is 402 g/mol. The average Bonchev–Trinajstić information content (AvgIpc) is 2.89. The summed E-state index contributed by atoms with van der Waals surface area (Å²) >= 11 is 0. The number of allylic oxidation sites excluding steroid dienone is 1. The SMILES string of the molecule is CC(C)(C)[Si](C)(C)OC1CC[C@@]2(C)C(=CC[C@H]3C2CC[C@]2(C)C(=O)CCC32)C1. The Morgan fingerprint density at radius 2 is 1.68 bits per heavy atom. The summed E-state index contributed by atoms with van der Waals surface area (Å²) in [6.45, 7) is 16.7. The zero-order chi connectivity index (χ0) is 20.5. The molecule has 0 radical (unpaired) electrons. The van der Waals surface area contributed by atoms with Gasteiger partial charge in [-0.2, -0.15) is 0 Å². The second kappa shape index (κ2) is 6.54. The Kier molecular flexibility index (Phi) is 4.87. The Balaban J connectivity index is 1.53. The summed E-state index contributed by atoms with van der Waals surface area (Å²) in [5, 5.41) is 0.280. The second-order valence-corrected chi connectivity index (χ2v) is 17.2. The summed E-state index contributed by atoms with van der Waals surface area (Å²) in [4.78, 5) is 12.6. The molecule has 158 valence electrons. The minimum Gasteiger partial charge on any atom is -0.414 e. The summed E-state index contributed by atoms with van der Waals surface area (Å²) in [7, 11) is -1.71. The number of hydrogen-bond acceptors (Lipinski definition) is 2. The third-order valence-corrected chi connectivity index (χ3v) is 14.6. The van der Waals surface area contributed by atoms with Gasteiger partial charge in [0.05, 0.1) is 0 Å². The Hall–Kier alpha value is -0.413. The van der Waals surface area contributed by atoms with E-state index in [-0.39, 0.29) is 10.5 Å². The van der Waals surface area contributed by atoms with Gasteiger partial charge < -0.3 is 4.43 Å². The van der Waals surface area contributed by atoms with Crippen LogP contribution in [0.4, 0.5) is 0 Å². The first kappa shape index (κ1) is 20.8. The molecule has 3 saturated carbocycles. The maximum atomic E-state index is 12.6. The number of carbonyl (C=O) groups excluding carboxylic acids is 1. The van der Waals surface area contributed by atoms with Crippen LogP contribution in [0, 0.1) is 28.6 Å². The first-order valence-electron chi connectivity index (χ1n) is 11.8. The standard InChI is InChI=1S/C25H42O2Si/c1-23(2,3)28(6,7)27-18-12-14-24(4)17(16-18)8-9-19-20-10-11-22(26)25(20,5)15-13-21(19)24/h8,18-21H,9-16H2,1-7H3/t18?,19-,20?,21?,24+,25+/m1/s1. The minimum absolute atomic E-state index is 0.00842. The molecule has 0 aromatic rings. The van der Waals surface area contributed by atoms with Gasteiger partial charge in [0.2, 0.25) is 0 Å². The number of ketones is 1. The number of carbonyl (C=O) groups is 1. The summed E-state index contributed by atoms with van der Waals surface area (Å²) in [5.41, 5.74) is 2.03. The van der Waals surface area contributed by atoms with Crippen LogP contribution < -0.4 is 0 Å². The van der Waals surface area contributed by atoms with Crippen LogP contribution >= 0.6 is 0 Å². The Morgan fingerprint density at radius 1 is 1.04 bits per heavy atom. The van der Waals surface area contributed by atoms with E-state index in [4.69, 9.17) is 4.43 Å². The first-order chi connectivity index (χ1) is 12.9. The molecule has 0 aromatic carbocycles. The van der Waals surface area contributed by atoms with Crippen molar-refractivity contribution >= 4 is 14.1 Å². The lowest BCUT2D eigenvalue weighted by atomic mass is 9.48. The highest BCUT2D eigenvalue weighted by Crippen LogP contribution is 2.64. The molecule has 3 unspecified atom stereocenters. The fraction of sp³-hybridized carbons (Fsp3) is 0.880. The third kappa shape index (κ3) is 3.02. The fourth-order valence-corrected chi connectivity index (χ4v) is 8.48. The van der Waals surface area contributed by atoms with E-state index in [1.54, 1.807) is 5.57 Å². The van der Waals surface area contributed by atoms with Gasteiger partial charge in [-0.25, -0.2) is 0 Å². The smallest absolute Gasteiger partial charge is 0.192 e. The lowest BCUT2D eigenvalue weighted by Crippen LogP contribution is -2.51. The molecule has 0 heterocycles. The molecule has 0 aromatic heterocycles. The first-order valence-corrected chi connectivity index (χ1v) is 14.7. The molecule has 0 saturated heterocycles. The maximum absolute atomic E-state index is 12.6. The second-order valence-electron chi connectivity index (χ2n) is 12.4. The van der Waals surface area contributed by atoms with Gasteiger partial charge in [-0.1, -0.05) is 46.3 Å². The molecular weight excluding hydrogens is 360 g/mol. The van der Waals surface area contributed by atoms with Gasteiger partial charge in [-0.15, -0.1) is 0 Å². The minimum atomic E-state index is -1.71. The van der Waals surface area contributed by atoms with Crippen LogP contribution in [0.3, 0.4) is 0 Å². The van der Waals surface area contributed by atoms with E-state index in [0.29, 0.717) is 23.2 Å². The quantitative estimate of drug-likeness (QED) is 0.370. The van der Waals surface area contributed by atoms with Gasteiger partial charge in [-0.05, 0) is 86.2 Å². The summed E-state index contributed by atoms with van der Waals surface area (Å²) < 4.78 is 6.83. The van der Waals surface area contributed by atoms with E-state index in [1.807, 2.05) is 0 Å². The molecule has 6 atom stereocenters. The molecule has 0 N–H and O–H groups in total.